The van der Waals surface area contributed by atoms with Gasteiger partial charge in [0.1, 0.15) is 0 Å². The molecule has 2 rings (SSSR count). The third-order valence-corrected chi connectivity index (χ3v) is 3.15. The smallest absolute Gasteiger partial charge is 0.323 e. The van der Waals surface area contributed by atoms with E-state index in [9.17, 15) is 4.79 Å². The third kappa shape index (κ3) is 3.73. The second-order valence-corrected chi connectivity index (χ2v) is 4.88. The summed E-state index contributed by atoms with van der Waals surface area (Å²) in [4.78, 5) is 11.8. The van der Waals surface area contributed by atoms with Crippen LogP contribution in [0.5, 0.6) is 0 Å². The van der Waals surface area contributed by atoms with Gasteiger partial charge in [-0.3, -0.25) is 0 Å². The summed E-state index contributed by atoms with van der Waals surface area (Å²) in [7, 11) is 0. The van der Waals surface area contributed by atoms with Gasteiger partial charge in [-0.05, 0) is 36.8 Å². The average molecular weight is 290 g/mol. The van der Waals surface area contributed by atoms with Crippen LogP contribution in [-0.4, -0.2) is 6.03 Å². The van der Waals surface area contributed by atoms with Crippen molar-refractivity contribution in [1.82, 2.24) is 0 Å². The maximum absolute atomic E-state index is 11.8. The normalized spacial score (nSPS) is 11.8. The van der Waals surface area contributed by atoms with Crippen molar-refractivity contribution in [3.8, 4) is 0 Å². The summed E-state index contributed by atoms with van der Waals surface area (Å²) < 4.78 is 0. The van der Waals surface area contributed by atoms with Crippen LogP contribution in [0.3, 0.4) is 0 Å². The van der Waals surface area contributed by atoms with Crippen LogP contribution in [0.4, 0.5) is 16.2 Å². The molecule has 0 aromatic heterocycles. The molecule has 0 aliphatic heterocycles. The number of halogens is 1. The Labute approximate surface area is 122 Å². The first-order valence-electron chi connectivity index (χ1n) is 6.24. The van der Waals surface area contributed by atoms with Gasteiger partial charge in [0.25, 0.3) is 0 Å². The van der Waals surface area contributed by atoms with Gasteiger partial charge in [0.15, 0.2) is 0 Å². The van der Waals surface area contributed by atoms with Gasteiger partial charge in [0, 0.05) is 11.7 Å². The summed E-state index contributed by atoms with van der Waals surface area (Å²) in [6.07, 6.45) is 0. The lowest BCUT2D eigenvalue weighted by molar-refractivity contribution is 0.262. The highest BCUT2D eigenvalue weighted by atomic mass is 35.5. The van der Waals surface area contributed by atoms with Gasteiger partial charge in [-0.1, -0.05) is 35.9 Å². The van der Waals surface area contributed by atoms with Gasteiger partial charge in [0.2, 0.25) is 0 Å². The van der Waals surface area contributed by atoms with Crippen LogP contribution in [0.25, 0.3) is 0 Å². The Morgan fingerprint density at radius 1 is 1.10 bits per heavy atom. The van der Waals surface area contributed by atoms with Crippen LogP contribution >= 0.6 is 11.6 Å². The van der Waals surface area contributed by atoms with Gasteiger partial charge >= 0.3 is 6.03 Å². The van der Waals surface area contributed by atoms with Crippen molar-refractivity contribution in [1.29, 1.82) is 0 Å². The highest BCUT2D eigenvalue weighted by Crippen LogP contribution is 2.21. The molecule has 104 valence electrons. The zero-order valence-electron chi connectivity index (χ0n) is 11.1. The first-order chi connectivity index (χ1) is 9.56. The lowest BCUT2D eigenvalue weighted by Gasteiger charge is -2.10. The van der Waals surface area contributed by atoms with Crippen molar-refractivity contribution in [2.45, 2.75) is 13.0 Å². The molecule has 0 heterocycles. The molecule has 0 bridgehead atoms. The topological polar surface area (TPSA) is 67.1 Å². The van der Waals surface area contributed by atoms with Crippen LogP contribution in [0, 0.1) is 0 Å². The summed E-state index contributed by atoms with van der Waals surface area (Å²) in [5.41, 5.74) is 8.05. The fourth-order valence-corrected chi connectivity index (χ4v) is 1.90. The quantitative estimate of drug-likeness (QED) is 0.799. The molecular weight excluding hydrogens is 274 g/mol. The molecule has 5 heteroatoms. The highest BCUT2D eigenvalue weighted by molar-refractivity contribution is 6.33. The average Bonchev–Trinajstić information content (AvgIpc) is 2.42. The molecule has 4 nitrogen and oxygen atoms in total. The number of hydrogen-bond acceptors (Lipinski definition) is 2. The fraction of sp³-hybridized carbons (Fsp3) is 0.133. The number of hydrogen-bond donors (Lipinski definition) is 3. The fourth-order valence-electron chi connectivity index (χ4n) is 1.72. The molecule has 0 saturated carbocycles. The van der Waals surface area contributed by atoms with Crippen LogP contribution in [0.15, 0.2) is 48.5 Å². The molecule has 20 heavy (non-hydrogen) atoms. The Morgan fingerprint density at radius 3 is 2.35 bits per heavy atom. The van der Waals surface area contributed by atoms with Gasteiger partial charge in [-0.2, -0.15) is 0 Å². The number of nitrogens with one attached hydrogen (secondary N) is 2. The molecule has 2 amide bonds. The van der Waals surface area contributed by atoms with E-state index in [-0.39, 0.29) is 12.1 Å². The lowest BCUT2D eigenvalue weighted by atomic mass is 10.1. The lowest BCUT2D eigenvalue weighted by Crippen LogP contribution is -2.19. The number of urea groups is 1. The van der Waals surface area contributed by atoms with Gasteiger partial charge in [-0.25, -0.2) is 4.79 Å². The van der Waals surface area contributed by atoms with E-state index in [2.05, 4.69) is 10.6 Å². The Balaban J connectivity index is 1.99. The summed E-state index contributed by atoms with van der Waals surface area (Å²) in [5.74, 6) is 0. The van der Waals surface area contributed by atoms with E-state index in [1.165, 1.54) is 0 Å². The number of rotatable bonds is 3. The molecule has 2 aromatic rings. The number of anilines is 2. The number of carbonyl (C=O) groups is 1. The van der Waals surface area contributed by atoms with E-state index in [0.717, 1.165) is 5.56 Å². The minimum Gasteiger partial charge on any atom is -0.324 e. The Bertz CT molecular complexity index is 596. The van der Waals surface area contributed by atoms with Crippen LogP contribution in [0.2, 0.25) is 5.02 Å². The zero-order valence-corrected chi connectivity index (χ0v) is 11.8. The van der Waals surface area contributed by atoms with Crippen molar-refractivity contribution in [3.63, 3.8) is 0 Å². The van der Waals surface area contributed by atoms with E-state index in [1.807, 2.05) is 31.2 Å². The maximum atomic E-state index is 11.8. The Morgan fingerprint density at radius 2 is 1.75 bits per heavy atom. The van der Waals surface area contributed by atoms with E-state index in [0.29, 0.717) is 16.4 Å². The van der Waals surface area contributed by atoms with Crippen molar-refractivity contribution in [2.24, 2.45) is 5.73 Å². The highest BCUT2D eigenvalue weighted by Gasteiger charge is 2.06. The number of benzene rings is 2. The number of carbonyl (C=O) groups excluding carboxylic acids is 1. The summed E-state index contributed by atoms with van der Waals surface area (Å²) in [6, 6.07) is 14.1. The molecule has 0 aliphatic carbocycles. The summed E-state index contributed by atoms with van der Waals surface area (Å²) in [6.45, 7) is 1.91. The molecule has 0 spiro atoms. The van der Waals surface area contributed by atoms with E-state index in [4.69, 9.17) is 17.3 Å². The van der Waals surface area contributed by atoms with E-state index >= 15 is 0 Å². The summed E-state index contributed by atoms with van der Waals surface area (Å²) >= 11 is 5.97. The monoisotopic (exact) mass is 289 g/mol. The predicted octanol–water partition coefficient (Wildman–Crippen LogP) is 4.00. The predicted molar refractivity (Wildman–Crippen MR) is 83.1 cm³/mol. The minimum absolute atomic E-state index is 0.0269. The van der Waals surface area contributed by atoms with Crippen LogP contribution in [0.1, 0.15) is 18.5 Å². The molecule has 0 aliphatic rings. The first kappa shape index (κ1) is 14.4. The molecule has 0 saturated heterocycles. The SMILES string of the molecule is CC(N)c1ccc(NC(=O)Nc2ccccc2Cl)cc1. The van der Waals surface area contributed by atoms with Gasteiger partial charge in [0.05, 0.1) is 10.7 Å². The third-order valence-electron chi connectivity index (χ3n) is 2.82. The first-order valence-corrected chi connectivity index (χ1v) is 6.62. The zero-order chi connectivity index (χ0) is 14.5. The molecule has 1 atom stereocenters. The Kier molecular flexibility index (Phi) is 4.61. The minimum atomic E-state index is -0.341. The molecule has 0 radical (unpaired) electrons. The number of para-hydroxylation sites is 1. The number of nitrogens with two attached hydrogens (primary N) is 1. The summed E-state index contributed by atoms with van der Waals surface area (Å²) in [5, 5.41) is 5.92. The Hall–Kier alpha value is -2.04. The molecule has 2 aromatic carbocycles. The van der Waals surface area contributed by atoms with E-state index < -0.39 is 0 Å². The van der Waals surface area contributed by atoms with Crippen molar-refractivity contribution in [3.05, 3.63) is 59.1 Å². The van der Waals surface area contributed by atoms with Gasteiger partial charge in [-0.15, -0.1) is 0 Å². The molecule has 0 fully saturated rings. The van der Waals surface area contributed by atoms with E-state index in [1.54, 1.807) is 24.3 Å². The van der Waals surface area contributed by atoms with Crippen molar-refractivity contribution < 1.29 is 4.79 Å². The maximum Gasteiger partial charge on any atom is 0.323 e. The van der Waals surface area contributed by atoms with Crippen molar-refractivity contribution in [2.75, 3.05) is 10.6 Å². The second-order valence-electron chi connectivity index (χ2n) is 4.47. The van der Waals surface area contributed by atoms with Crippen LogP contribution in [-0.2, 0) is 0 Å². The largest absolute Gasteiger partial charge is 0.324 e. The molecule has 4 N–H and O–H groups in total. The van der Waals surface area contributed by atoms with Crippen molar-refractivity contribution >= 4 is 29.0 Å². The molecule has 1 unspecified atom stereocenters. The van der Waals surface area contributed by atoms with Crippen LogP contribution < -0.4 is 16.4 Å². The standard InChI is InChI=1S/C15H16ClN3O/c1-10(17)11-6-8-12(9-7-11)18-15(20)19-14-5-3-2-4-13(14)16/h2-10H,17H2,1H3,(H2,18,19,20). The number of amides is 2. The molecular formula is C15H16ClN3O. The van der Waals surface area contributed by atoms with Gasteiger partial charge < -0.3 is 16.4 Å². The second kappa shape index (κ2) is 6.41.